The van der Waals surface area contributed by atoms with Gasteiger partial charge in [0.25, 0.3) is 0 Å². The van der Waals surface area contributed by atoms with E-state index in [4.69, 9.17) is 0 Å². The molecule has 62 valence electrons. The van der Waals surface area contributed by atoms with Crippen LogP contribution < -0.4 is 0 Å². The molecule has 0 N–H and O–H groups in total. The molecule has 0 aromatic rings. The van der Waals surface area contributed by atoms with Gasteiger partial charge in [-0.15, -0.1) is 0 Å². The zero-order valence-electron chi connectivity index (χ0n) is 6.59. The number of fused-ring (bicyclic) bond motifs is 1. The van der Waals surface area contributed by atoms with E-state index < -0.39 is 0 Å². The summed E-state index contributed by atoms with van der Waals surface area (Å²) in [6, 6.07) is 0. The van der Waals surface area contributed by atoms with Gasteiger partial charge in [-0.25, -0.2) is 5.01 Å². The molecular formula is C9H10N2S. The Morgan fingerprint density at radius 2 is 2.50 bits per heavy atom. The molecule has 0 amide bonds. The van der Waals surface area contributed by atoms with Crippen molar-refractivity contribution in [3.05, 3.63) is 36.2 Å². The number of hydrazone groups is 1. The number of hydrogen-bond donors (Lipinski definition) is 1. The fraction of sp³-hybridized carbons (Fsp3) is 0.222. The molecule has 1 unspecified atom stereocenters. The molecule has 0 radical (unpaired) electrons. The molecule has 0 fully saturated rings. The summed E-state index contributed by atoms with van der Waals surface area (Å²) in [6.07, 6.45) is 12.9. The van der Waals surface area contributed by atoms with E-state index >= 15 is 0 Å². The first kappa shape index (κ1) is 7.68. The minimum atomic E-state index is 0.312. The van der Waals surface area contributed by atoms with Gasteiger partial charge in [-0.05, 0) is 18.6 Å². The summed E-state index contributed by atoms with van der Waals surface area (Å²) in [4.78, 5) is 0. The molecule has 12 heavy (non-hydrogen) atoms. The Hall–Kier alpha value is -0.960. The molecule has 2 nitrogen and oxygen atoms in total. The van der Waals surface area contributed by atoms with Gasteiger partial charge in [-0.1, -0.05) is 12.2 Å². The minimum Gasteiger partial charge on any atom is -0.242 e. The molecule has 0 aromatic heterocycles. The van der Waals surface area contributed by atoms with Crippen molar-refractivity contribution in [3.63, 3.8) is 0 Å². The molecule has 2 aliphatic heterocycles. The van der Waals surface area contributed by atoms with Gasteiger partial charge in [0.15, 0.2) is 0 Å². The number of nitrogens with zero attached hydrogens (tertiary/aromatic N) is 2. The van der Waals surface area contributed by atoms with Gasteiger partial charge in [0.1, 0.15) is 0 Å². The van der Waals surface area contributed by atoms with Crippen molar-refractivity contribution >= 4 is 18.8 Å². The Kier molecular flexibility index (Phi) is 2.04. The number of rotatable bonds is 0. The lowest BCUT2D eigenvalue weighted by Gasteiger charge is -2.15. The summed E-state index contributed by atoms with van der Waals surface area (Å²) < 4.78 is 0. The lowest BCUT2D eigenvalue weighted by Crippen LogP contribution is -2.09. The van der Waals surface area contributed by atoms with E-state index in [2.05, 4.69) is 23.8 Å². The lowest BCUT2D eigenvalue weighted by atomic mass is 10.2. The Bertz CT molecular complexity index is 289. The standard InChI is InChI=1S/C9H10N2S/c12-9-4-3-8-2-1-6-10-11(8)7-5-9/h1-3,5-7,9,12H,4H2. The second kappa shape index (κ2) is 3.19. The van der Waals surface area contributed by atoms with Gasteiger partial charge >= 0.3 is 0 Å². The van der Waals surface area contributed by atoms with Gasteiger partial charge in [-0.3, -0.25) is 0 Å². The van der Waals surface area contributed by atoms with E-state index in [0.29, 0.717) is 5.25 Å². The van der Waals surface area contributed by atoms with Crippen LogP contribution in [0.25, 0.3) is 0 Å². The summed E-state index contributed by atoms with van der Waals surface area (Å²) in [5.41, 5.74) is 1.13. The highest BCUT2D eigenvalue weighted by Crippen LogP contribution is 2.18. The third kappa shape index (κ3) is 1.46. The number of allylic oxidation sites excluding steroid dienone is 3. The molecule has 0 saturated heterocycles. The number of hydrogen-bond acceptors (Lipinski definition) is 3. The van der Waals surface area contributed by atoms with Crippen LogP contribution in [0.15, 0.2) is 41.3 Å². The molecule has 0 aromatic carbocycles. The van der Waals surface area contributed by atoms with Crippen LogP contribution in [0.5, 0.6) is 0 Å². The summed E-state index contributed by atoms with van der Waals surface area (Å²) in [5, 5.41) is 6.35. The van der Waals surface area contributed by atoms with Crippen LogP contribution in [-0.2, 0) is 0 Å². The van der Waals surface area contributed by atoms with Gasteiger partial charge in [0.2, 0.25) is 0 Å². The predicted octanol–water partition coefficient (Wildman–Crippen LogP) is 1.94. The third-order valence-electron chi connectivity index (χ3n) is 1.83. The Balaban J connectivity index is 2.29. The largest absolute Gasteiger partial charge is 0.242 e. The highest BCUT2D eigenvalue weighted by atomic mass is 32.1. The molecule has 0 bridgehead atoms. The van der Waals surface area contributed by atoms with Crippen molar-refractivity contribution in [2.75, 3.05) is 0 Å². The number of thiol groups is 1. The van der Waals surface area contributed by atoms with Crippen LogP contribution in [0, 0.1) is 0 Å². The third-order valence-corrected chi connectivity index (χ3v) is 2.21. The zero-order chi connectivity index (χ0) is 8.39. The van der Waals surface area contributed by atoms with Crippen LogP contribution in [0.1, 0.15) is 6.42 Å². The molecule has 2 heterocycles. The molecular weight excluding hydrogens is 168 g/mol. The van der Waals surface area contributed by atoms with E-state index in [9.17, 15) is 0 Å². The predicted molar refractivity (Wildman–Crippen MR) is 54.1 cm³/mol. The van der Waals surface area contributed by atoms with Crippen LogP contribution in [-0.4, -0.2) is 16.5 Å². The van der Waals surface area contributed by atoms with E-state index in [-0.39, 0.29) is 0 Å². The van der Waals surface area contributed by atoms with Crippen molar-refractivity contribution in [2.45, 2.75) is 11.7 Å². The topological polar surface area (TPSA) is 15.6 Å². The quantitative estimate of drug-likeness (QED) is 0.560. The smallest absolute Gasteiger partial charge is 0.0606 e. The highest BCUT2D eigenvalue weighted by Gasteiger charge is 2.09. The maximum atomic E-state index is 4.38. The second-order valence-electron chi connectivity index (χ2n) is 2.74. The van der Waals surface area contributed by atoms with E-state index in [0.717, 1.165) is 12.1 Å². The Morgan fingerprint density at radius 3 is 3.42 bits per heavy atom. The molecule has 3 heteroatoms. The van der Waals surface area contributed by atoms with Crippen molar-refractivity contribution in [2.24, 2.45) is 5.10 Å². The first-order valence-corrected chi connectivity index (χ1v) is 4.44. The van der Waals surface area contributed by atoms with E-state index in [1.165, 1.54) is 0 Å². The van der Waals surface area contributed by atoms with Crippen molar-refractivity contribution < 1.29 is 0 Å². The second-order valence-corrected chi connectivity index (χ2v) is 3.41. The van der Waals surface area contributed by atoms with Gasteiger partial charge in [-0.2, -0.15) is 17.7 Å². The summed E-state index contributed by atoms with van der Waals surface area (Å²) in [7, 11) is 0. The van der Waals surface area contributed by atoms with Crippen molar-refractivity contribution in [1.82, 2.24) is 5.01 Å². The average molecular weight is 178 g/mol. The molecule has 2 aliphatic rings. The first-order valence-electron chi connectivity index (χ1n) is 3.93. The molecule has 0 aliphatic carbocycles. The highest BCUT2D eigenvalue weighted by molar-refractivity contribution is 7.81. The van der Waals surface area contributed by atoms with Crippen LogP contribution in [0.4, 0.5) is 0 Å². The summed E-state index contributed by atoms with van der Waals surface area (Å²) in [5.74, 6) is 0. The van der Waals surface area contributed by atoms with E-state index in [1.54, 1.807) is 6.21 Å². The lowest BCUT2D eigenvalue weighted by molar-refractivity contribution is 0.514. The van der Waals surface area contributed by atoms with Crippen LogP contribution in [0.2, 0.25) is 0 Å². The average Bonchev–Trinajstić information content (AvgIpc) is 2.29. The van der Waals surface area contributed by atoms with Crippen molar-refractivity contribution in [1.29, 1.82) is 0 Å². The normalized spacial score (nSPS) is 26.6. The Labute approximate surface area is 77.4 Å². The van der Waals surface area contributed by atoms with Crippen LogP contribution >= 0.6 is 12.6 Å². The molecule has 2 rings (SSSR count). The molecule has 1 atom stereocenters. The monoisotopic (exact) mass is 178 g/mol. The first-order chi connectivity index (χ1) is 5.86. The van der Waals surface area contributed by atoms with Gasteiger partial charge < -0.3 is 0 Å². The Morgan fingerprint density at radius 1 is 1.58 bits per heavy atom. The zero-order valence-corrected chi connectivity index (χ0v) is 7.48. The van der Waals surface area contributed by atoms with Crippen LogP contribution in [0.3, 0.4) is 0 Å². The summed E-state index contributed by atoms with van der Waals surface area (Å²) in [6.45, 7) is 0. The molecule has 0 saturated carbocycles. The molecule has 0 spiro atoms. The SMILES string of the molecule is SC1C=CN2N=CC=CC2=CC1. The van der Waals surface area contributed by atoms with E-state index in [1.807, 2.05) is 29.4 Å². The fourth-order valence-electron chi connectivity index (χ4n) is 1.18. The van der Waals surface area contributed by atoms with Crippen molar-refractivity contribution in [3.8, 4) is 0 Å². The van der Waals surface area contributed by atoms with Gasteiger partial charge in [0.05, 0.1) is 5.70 Å². The van der Waals surface area contributed by atoms with Gasteiger partial charge in [0, 0.05) is 17.7 Å². The maximum absolute atomic E-state index is 4.38. The summed E-state index contributed by atoms with van der Waals surface area (Å²) >= 11 is 4.38. The maximum Gasteiger partial charge on any atom is 0.0606 e. The fourth-order valence-corrected chi connectivity index (χ4v) is 1.36. The minimum absolute atomic E-state index is 0.312.